The molecule has 0 radical (unpaired) electrons. The number of carbonyl (C=O) groups excluding carboxylic acids is 1. The van der Waals surface area contributed by atoms with Gasteiger partial charge in [0.05, 0.1) is 4.92 Å². The van der Waals surface area contributed by atoms with Gasteiger partial charge in [0.1, 0.15) is 0 Å². The van der Waals surface area contributed by atoms with Crippen LogP contribution in [0.15, 0.2) is 54.6 Å². The zero-order valence-corrected chi connectivity index (χ0v) is 16.7. The highest BCUT2D eigenvalue weighted by atomic mass is 32.2. The summed E-state index contributed by atoms with van der Waals surface area (Å²) in [7, 11) is 0. The van der Waals surface area contributed by atoms with E-state index in [1.807, 2.05) is 30.3 Å². The van der Waals surface area contributed by atoms with Crippen molar-refractivity contribution in [3.63, 3.8) is 0 Å². The van der Waals surface area contributed by atoms with Crippen molar-refractivity contribution in [2.24, 2.45) is 0 Å². The molecule has 0 spiro atoms. The van der Waals surface area contributed by atoms with Crippen LogP contribution >= 0.6 is 24.0 Å². The van der Waals surface area contributed by atoms with Crippen LogP contribution in [0, 0.1) is 10.1 Å². The smallest absolute Gasteiger partial charge is 0.305 e. The van der Waals surface area contributed by atoms with Gasteiger partial charge < -0.3 is 4.90 Å². The van der Waals surface area contributed by atoms with Crippen molar-refractivity contribution in [2.45, 2.75) is 24.8 Å². The lowest BCUT2D eigenvalue weighted by molar-refractivity contribution is -0.384. The Hall–Kier alpha value is -2.46. The lowest BCUT2D eigenvalue weighted by Gasteiger charge is -2.23. The van der Waals surface area contributed by atoms with E-state index >= 15 is 0 Å². The standard InChI is InChI=1S/C19H17F3N2O3S2/c20-19(21,22)18(25)23(15-8-10-16(11-9-15)24(26)27)12-4-7-17(28)29-13-14-5-2-1-3-6-14/h1-3,5-6,8-11H,4,7,12-13H2. The summed E-state index contributed by atoms with van der Waals surface area (Å²) in [5.41, 5.74) is 0.757. The van der Waals surface area contributed by atoms with E-state index in [0.29, 0.717) is 21.3 Å². The number of rotatable bonds is 8. The summed E-state index contributed by atoms with van der Waals surface area (Å²) in [6.45, 7) is -0.206. The van der Waals surface area contributed by atoms with E-state index in [-0.39, 0.29) is 24.3 Å². The first-order chi connectivity index (χ1) is 13.7. The zero-order chi connectivity index (χ0) is 21.4. The summed E-state index contributed by atoms with van der Waals surface area (Å²) >= 11 is 6.70. The molecule has 0 N–H and O–H groups in total. The van der Waals surface area contributed by atoms with Gasteiger partial charge in [0.25, 0.3) is 5.69 Å². The van der Waals surface area contributed by atoms with Gasteiger partial charge in [-0.1, -0.05) is 42.5 Å². The van der Waals surface area contributed by atoms with Gasteiger partial charge in [0.2, 0.25) is 0 Å². The third kappa shape index (κ3) is 7.13. The Balaban J connectivity index is 1.98. The van der Waals surface area contributed by atoms with E-state index in [9.17, 15) is 28.1 Å². The highest BCUT2D eigenvalue weighted by Crippen LogP contribution is 2.26. The lowest BCUT2D eigenvalue weighted by atomic mass is 10.2. The highest BCUT2D eigenvalue weighted by molar-refractivity contribution is 8.22. The van der Waals surface area contributed by atoms with Crippen molar-refractivity contribution in [3.05, 3.63) is 70.3 Å². The number of alkyl halides is 3. The average molecular weight is 442 g/mol. The molecule has 2 aromatic rings. The number of thiocarbonyl (C=S) groups is 1. The van der Waals surface area contributed by atoms with Crippen molar-refractivity contribution in [1.29, 1.82) is 0 Å². The molecule has 0 bridgehead atoms. The summed E-state index contributed by atoms with van der Waals surface area (Å²) in [5.74, 6) is -1.36. The first-order valence-electron chi connectivity index (χ1n) is 8.51. The summed E-state index contributed by atoms with van der Waals surface area (Å²) in [4.78, 5) is 22.4. The lowest BCUT2D eigenvalue weighted by Crippen LogP contribution is -2.42. The molecule has 0 saturated carbocycles. The molecule has 0 aliphatic heterocycles. The van der Waals surface area contributed by atoms with Gasteiger partial charge >= 0.3 is 12.1 Å². The number of thioether (sulfide) groups is 1. The van der Waals surface area contributed by atoms with Crippen LogP contribution in [0.1, 0.15) is 18.4 Å². The third-order valence-corrected chi connectivity index (χ3v) is 5.43. The van der Waals surface area contributed by atoms with Gasteiger partial charge in [-0.3, -0.25) is 14.9 Å². The molecule has 0 unspecified atom stereocenters. The first kappa shape index (κ1) is 22.8. The third-order valence-electron chi connectivity index (χ3n) is 3.87. The Bertz CT molecular complexity index is 859. The van der Waals surface area contributed by atoms with E-state index in [1.54, 1.807) is 0 Å². The highest BCUT2D eigenvalue weighted by Gasteiger charge is 2.42. The van der Waals surface area contributed by atoms with E-state index in [0.717, 1.165) is 29.8 Å². The van der Waals surface area contributed by atoms with Crippen LogP contribution in [0.4, 0.5) is 24.5 Å². The average Bonchev–Trinajstić information content (AvgIpc) is 2.69. The van der Waals surface area contributed by atoms with Crippen molar-refractivity contribution in [3.8, 4) is 0 Å². The van der Waals surface area contributed by atoms with Crippen molar-refractivity contribution < 1.29 is 22.9 Å². The Morgan fingerprint density at radius 3 is 2.28 bits per heavy atom. The normalized spacial score (nSPS) is 11.1. The van der Waals surface area contributed by atoms with E-state index in [4.69, 9.17) is 12.2 Å². The Morgan fingerprint density at radius 1 is 1.10 bits per heavy atom. The molecule has 10 heteroatoms. The second kappa shape index (κ2) is 10.4. The second-order valence-electron chi connectivity index (χ2n) is 5.98. The molecule has 5 nitrogen and oxygen atoms in total. The number of nitro benzene ring substituents is 1. The second-order valence-corrected chi connectivity index (χ2v) is 7.80. The van der Waals surface area contributed by atoms with Crippen LogP contribution in [0.3, 0.4) is 0 Å². The predicted molar refractivity (Wildman–Crippen MR) is 111 cm³/mol. The number of anilines is 1. The quantitative estimate of drug-likeness (QED) is 0.306. The maximum absolute atomic E-state index is 13.0. The predicted octanol–water partition coefficient (Wildman–Crippen LogP) is 5.53. The van der Waals surface area contributed by atoms with E-state index < -0.39 is 17.0 Å². The Morgan fingerprint density at radius 2 is 1.72 bits per heavy atom. The first-order valence-corrected chi connectivity index (χ1v) is 9.90. The van der Waals surface area contributed by atoms with Crippen molar-refractivity contribution >= 4 is 45.5 Å². The number of nitrogens with zero attached hydrogens (tertiary/aromatic N) is 2. The number of hydrogen-bond acceptors (Lipinski definition) is 5. The van der Waals surface area contributed by atoms with Crippen molar-refractivity contribution in [1.82, 2.24) is 0 Å². The molecular weight excluding hydrogens is 425 g/mol. The molecular formula is C19H17F3N2O3S2. The monoisotopic (exact) mass is 442 g/mol. The number of hydrogen-bond donors (Lipinski definition) is 0. The molecule has 2 rings (SSSR count). The summed E-state index contributed by atoms with van der Waals surface area (Å²) in [6, 6.07) is 14.0. The van der Waals surface area contributed by atoms with Gasteiger partial charge in [-0.2, -0.15) is 13.2 Å². The van der Waals surface area contributed by atoms with Crippen LogP contribution in [0.25, 0.3) is 0 Å². The summed E-state index contributed by atoms with van der Waals surface area (Å²) in [5, 5.41) is 10.7. The molecule has 0 aliphatic rings. The topological polar surface area (TPSA) is 63.5 Å². The molecule has 0 aromatic heterocycles. The van der Waals surface area contributed by atoms with Gasteiger partial charge in [-0.05, 0) is 30.5 Å². The molecule has 0 aliphatic carbocycles. The molecule has 0 fully saturated rings. The number of non-ortho nitro benzene ring substituents is 1. The minimum Gasteiger partial charge on any atom is -0.305 e. The minimum absolute atomic E-state index is 0.0548. The summed E-state index contributed by atoms with van der Waals surface area (Å²) in [6.07, 6.45) is -4.45. The Labute approximate surface area is 175 Å². The molecule has 0 saturated heterocycles. The van der Waals surface area contributed by atoms with Gasteiger partial charge in [0.15, 0.2) is 0 Å². The fourth-order valence-corrected chi connectivity index (χ4v) is 3.58. The van der Waals surface area contributed by atoms with Crippen LogP contribution in [0.2, 0.25) is 0 Å². The maximum atomic E-state index is 13.0. The number of carbonyl (C=O) groups is 1. The fraction of sp³-hybridized carbons (Fsp3) is 0.263. The molecule has 1 amide bonds. The summed E-state index contributed by atoms with van der Waals surface area (Å²) < 4.78 is 39.5. The van der Waals surface area contributed by atoms with Crippen LogP contribution in [-0.2, 0) is 10.5 Å². The number of nitro groups is 1. The molecule has 0 heterocycles. The van der Waals surface area contributed by atoms with E-state index in [2.05, 4.69) is 0 Å². The van der Waals surface area contributed by atoms with Gasteiger partial charge in [0, 0.05) is 34.3 Å². The van der Waals surface area contributed by atoms with Crippen LogP contribution < -0.4 is 4.90 Å². The zero-order valence-electron chi connectivity index (χ0n) is 15.1. The minimum atomic E-state index is -5.05. The van der Waals surface area contributed by atoms with Crippen LogP contribution in [0.5, 0.6) is 0 Å². The Kier molecular flexibility index (Phi) is 8.15. The number of amides is 1. The SMILES string of the molecule is O=C(N(CCCC(=S)SCc1ccccc1)c1ccc([N+](=O)[O-])cc1)C(F)(F)F. The van der Waals surface area contributed by atoms with E-state index in [1.165, 1.54) is 11.8 Å². The van der Waals surface area contributed by atoms with Gasteiger partial charge in [-0.15, -0.1) is 11.8 Å². The molecule has 0 atom stereocenters. The molecule has 29 heavy (non-hydrogen) atoms. The number of halogens is 3. The fourth-order valence-electron chi connectivity index (χ4n) is 2.45. The molecule has 154 valence electrons. The van der Waals surface area contributed by atoms with Crippen molar-refractivity contribution in [2.75, 3.05) is 11.4 Å². The van der Waals surface area contributed by atoms with Crippen LogP contribution in [-0.4, -0.2) is 27.7 Å². The largest absolute Gasteiger partial charge is 0.471 e. The van der Waals surface area contributed by atoms with Gasteiger partial charge in [-0.25, -0.2) is 0 Å². The maximum Gasteiger partial charge on any atom is 0.471 e. The molecule has 2 aromatic carbocycles. The number of benzene rings is 2.